The summed E-state index contributed by atoms with van der Waals surface area (Å²) in [6.07, 6.45) is 1.14. The maximum Gasteiger partial charge on any atom is 0.121 e. The van der Waals surface area contributed by atoms with Crippen molar-refractivity contribution in [3.8, 4) is 5.75 Å². The minimum absolute atomic E-state index is 0.602. The Bertz CT molecular complexity index is 411. The molecular weight excluding hydrogens is 248 g/mol. The first-order chi connectivity index (χ1) is 8.65. The fourth-order valence-electron chi connectivity index (χ4n) is 2.66. The first-order valence-electron chi connectivity index (χ1n) is 6.41. The van der Waals surface area contributed by atoms with Crippen molar-refractivity contribution < 1.29 is 4.74 Å². The second-order valence-corrected chi connectivity index (χ2v) is 5.33. The number of nitrogens with zero attached hydrogens (tertiary/aromatic N) is 1. The maximum absolute atomic E-state index is 6.29. The summed E-state index contributed by atoms with van der Waals surface area (Å²) in [6, 6.07) is 6.43. The molecule has 0 bridgehead atoms. The lowest BCUT2D eigenvalue weighted by Crippen LogP contribution is -2.47. The lowest BCUT2D eigenvalue weighted by molar-refractivity contribution is 0.338. The second kappa shape index (κ2) is 5.81. The zero-order chi connectivity index (χ0) is 13.1. The summed E-state index contributed by atoms with van der Waals surface area (Å²) in [5.41, 5.74) is 1.08. The van der Waals surface area contributed by atoms with Gasteiger partial charge >= 0.3 is 0 Å². The number of nitrogens with one attached hydrogen (secondary N) is 1. The van der Waals surface area contributed by atoms with E-state index in [1.165, 1.54) is 0 Å². The van der Waals surface area contributed by atoms with Crippen molar-refractivity contribution >= 4 is 17.3 Å². The van der Waals surface area contributed by atoms with Crippen LogP contribution >= 0.6 is 11.6 Å². The number of rotatable bonds is 3. The van der Waals surface area contributed by atoms with Crippen LogP contribution in [0.4, 0.5) is 5.69 Å². The average Bonchev–Trinajstić information content (AvgIpc) is 2.39. The number of benzene rings is 1. The van der Waals surface area contributed by atoms with Crippen LogP contribution in [0.15, 0.2) is 18.2 Å². The highest BCUT2D eigenvalue weighted by Crippen LogP contribution is 2.32. The van der Waals surface area contributed by atoms with E-state index in [0.717, 1.165) is 36.0 Å². The molecule has 1 saturated heterocycles. The quantitative estimate of drug-likeness (QED) is 0.912. The molecule has 100 valence electrons. The summed E-state index contributed by atoms with van der Waals surface area (Å²) in [6.45, 7) is 4.34. The molecule has 1 fully saturated rings. The molecule has 1 heterocycles. The first-order valence-corrected chi connectivity index (χ1v) is 6.79. The molecule has 18 heavy (non-hydrogen) atoms. The highest BCUT2D eigenvalue weighted by atomic mass is 35.5. The van der Waals surface area contributed by atoms with E-state index >= 15 is 0 Å². The van der Waals surface area contributed by atoms with Gasteiger partial charge in [0.15, 0.2) is 0 Å². The molecule has 0 aromatic heterocycles. The highest BCUT2D eigenvalue weighted by molar-refractivity contribution is 6.33. The van der Waals surface area contributed by atoms with Gasteiger partial charge in [-0.25, -0.2) is 0 Å². The molecule has 0 saturated carbocycles. The van der Waals surface area contributed by atoms with Crippen molar-refractivity contribution in [1.82, 2.24) is 5.32 Å². The predicted octanol–water partition coefficient (Wildman–Crippen LogP) is 2.78. The van der Waals surface area contributed by atoms with Crippen molar-refractivity contribution in [2.75, 3.05) is 32.1 Å². The van der Waals surface area contributed by atoms with Crippen molar-refractivity contribution in [3.05, 3.63) is 23.2 Å². The number of anilines is 1. The van der Waals surface area contributed by atoms with Crippen LogP contribution in [0.25, 0.3) is 0 Å². The Kier molecular flexibility index (Phi) is 4.36. The molecule has 0 spiro atoms. The van der Waals surface area contributed by atoms with Crippen LogP contribution in [0.1, 0.15) is 13.3 Å². The number of methoxy groups -OCH3 is 1. The molecule has 4 heteroatoms. The van der Waals surface area contributed by atoms with Gasteiger partial charge in [0.05, 0.1) is 17.8 Å². The second-order valence-electron chi connectivity index (χ2n) is 4.92. The van der Waals surface area contributed by atoms with E-state index in [9.17, 15) is 0 Å². The lowest BCUT2D eigenvalue weighted by atomic mass is 9.93. The summed E-state index contributed by atoms with van der Waals surface area (Å²) < 4.78 is 5.27. The molecule has 2 rings (SSSR count). The largest absolute Gasteiger partial charge is 0.497 e. The van der Waals surface area contributed by atoms with Gasteiger partial charge in [-0.3, -0.25) is 0 Å². The third-order valence-corrected chi connectivity index (χ3v) is 4.09. The molecule has 3 nitrogen and oxygen atoms in total. The van der Waals surface area contributed by atoms with Crippen molar-refractivity contribution in [2.45, 2.75) is 19.4 Å². The van der Waals surface area contributed by atoms with Gasteiger partial charge in [-0.15, -0.1) is 0 Å². The van der Waals surface area contributed by atoms with E-state index in [1.54, 1.807) is 7.11 Å². The molecule has 0 amide bonds. The third kappa shape index (κ3) is 2.73. The van der Waals surface area contributed by atoms with E-state index in [1.807, 2.05) is 25.2 Å². The molecule has 0 radical (unpaired) electrons. The monoisotopic (exact) mass is 268 g/mol. The van der Waals surface area contributed by atoms with E-state index < -0.39 is 0 Å². The zero-order valence-electron chi connectivity index (χ0n) is 11.2. The summed E-state index contributed by atoms with van der Waals surface area (Å²) in [5, 5.41) is 4.18. The molecule has 1 aliphatic heterocycles. The van der Waals surface area contributed by atoms with Gasteiger partial charge < -0.3 is 15.0 Å². The van der Waals surface area contributed by atoms with Crippen LogP contribution in [0.3, 0.4) is 0 Å². The van der Waals surface area contributed by atoms with Crippen LogP contribution in [0.5, 0.6) is 5.75 Å². The Morgan fingerprint density at radius 3 is 2.83 bits per heavy atom. The fourth-order valence-corrected chi connectivity index (χ4v) is 2.89. The Morgan fingerprint density at radius 1 is 1.44 bits per heavy atom. The van der Waals surface area contributed by atoms with Crippen LogP contribution in [-0.4, -0.2) is 33.3 Å². The number of halogens is 1. The Labute approximate surface area is 114 Å². The first kappa shape index (κ1) is 13.5. The van der Waals surface area contributed by atoms with E-state index in [0.29, 0.717) is 12.0 Å². The molecule has 0 aliphatic carbocycles. The molecular formula is C14H21ClN2O. The van der Waals surface area contributed by atoms with E-state index in [-0.39, 0.29) is 0 Å². The van der Waals surface area contributed by atoms with Gasteiger partial charge in [0, 0.05) is 25.2 Å². The normalized spacial score (nSPS) is 24.1. The van der Waals surface area contributed by atoms with Gasteiger partial charge in [-0.1, -0.05) is 18.5 Å². The average molecular weight is 269 g/mol. The molecule has 1 aliphatic rings. The maximum atomic E-state index is 6.29. The number of ether oxygens (including phenoxy) is 1. The van der Waals surface area contributed by atoms with Gasteiger partial charge in [0.25, 0.3) is 0 Å². The molecule has 1 N–H and O–H groups in total. The standard InChI is InChI=1S/C14H21ClN2O/c1-10-9-17(7-6-13(10)16-2)14-8-11(18-3)4-5-12(14)15/h4-5,8,10,13,16H,6-7,9H2,1-3H3. The summed E-state index contributed by atoms with van der Waals surface area (Å²) >= 11 is 6.29. The van der Waals surface area contributed by atoms with Crippen LogP contribution in [-0.2, 0) is 0 Å². The predicted molar refractivity (Wildman–Crippen MR) is 76.8 cm³/mol. The van der Waals surface area contributed by atoms with Crippen LogP contribution in [0.2, 0.25) is 5.02 Å². The Balaban J connectivity index is 2.17. The van der Waals surface area contributed by atoms with E-state index in [2.05, 4.69) is 17.1 Å². The summed E-state index contributed by atoms with van der Waals surface area (Å²) in [4.78, 5) is 2.35. The summed E-state index contributed by atoms with van der Waals surface area (Å²) in [7, 11) is 3.72. The van der Waals surface area contributed by atoms with Gasteiger partial charge in [-0.05, 0) is 31.5 Å². The Hall–Kier alpha value is -0.930. The van der Waals surface area contributed by atoms with Crippen molar-refractivity contribution in [3.63, 3.8) is 0 Å². The number of hydrogen-bond donors (Lipinski definition) is 1. The van der Waals surface area contributed by atoms with Crippen LogP contribution < -0.4 is 15.0 Å². The topological polar surface area (TPSA) is 24.5 Å². The van der Waals surface area contributed by atoms with Crippen molar-refractivity contribution in [1.29, 1.82) is 0 Å². The van der Waals surface area contributed by atoms with Gasteiger partial charge in [0.1, 0.15) is 5.75 Å². The third-order valence-electron chi connectivity index (χ3n) is 3.77. The smallest absolute Gasteiger partial charge is 0.121 e. The Morgan fingerprint density at radius 2 is 2.22 bits per heavy atom. The molecule has 2 unspecified atom stereocenters. The van der Waals surface area contributed by atoms with Crippen molar-refractivity contribution in [2.24, 2.45) is 5.92 Å². The molecule has 1 aromatic carbocycles. The van der Waals surface area contributed by atoms with Gasteiger partial charge in [0.2, 0.25) is 0 Å². The minimum Gasteiger partial charge on any atom is -0.497 e. The number of piperidine rings is 1. The summed E-state index contributed by atoms with van der Waals surface area (Å²) in [5.74, 6) is 1.48. The number of hydrogen-bond acceptors (Lipinski definition) is 3. The van der Waals surface area contributed by atoms with E-state index in [4.69, 9.17) is 16.3 Å². The molecule has 2 atom stereocenters. The highest BCUT2D eigenvalue weighted by Gasteiger charge is 2.26. The molecule has 1 aromatic rings. The van der Waals surface area contributed by atoms with Gasteiger partial charge in [-0.2, -0.15) is 0 Å². The SMILES string of the molecule is CNC1CCN(c2cc(OC)ccc2Cl)CC1C. The fraction of sp³-hybridized carbons (Fsp3) is 0.571. The van der Waals surface area contributed by atoms with Crippen LogP contribution in [0, 0.1) is 5.92 Å². The minimum atomic E-state index is 0.602. The lowest BCUT2D eigenvalue weighted by Gasteiger charge is -2.38. The zero-order valence-corrected chi connectivity index (χ0v) is 12.0.